The van der Waals surface area contributed by atoms with E-state index in [0.29, 0.717) is 0 Å². The van der Waals surface area contributed by atoms with Crippen molar-refractivity contribution in [2.45, 2.75) is 6.42 Å². The van der Waals surface area contributed by atoms with E-state index in [4.69, 9.17) is 0 Å². The van der Waals surface area contributed by atoms with Crippen LogP contribution in [0.3, 0.4) is 0 Å². The first-order chi connectivity index (χ1) is 4.97. The van der Waals surface area contributed by atoms with Gasteiger partial charge >= 0.3 is 0 Å². The maximum Gasteiger partial charge on any atom is 0.138 e. The Morgan fingerprint density at radius 3 is 3.30 bits per heavy atom. The molecule has 1 radical (unpaired) electrons. The average Bonchev–Trinajstić information content (AvgIpc) is 2.59. The number of hydrogen-bond donors (Lipinski definition) is 1. The topological polar surface area (TPSA) is 31.9 Å². The Labute approximate surface area is 59.4 Å². The van der Waals surface area contributed by atoms with Crippen molar-refractivity contribution in [1.82, 2.24) is 10.2 Å². The minimum absolute atomic E-state index is 1.02. The van der Waals surface area contributed by atoms with Crippen molar-refractivity contribution >= 4 is 5.69 Å². The van der Waals surface area contributed by atoms with Gasteiger partial charge in [0.15, 0.2) is 0 Å². The fourth-order valence-electron chi connectivity index (χ4n) is 1.05. The van der Waals surface area contributed by atoms with E-state index in [1.807, 2.05) is 6.20 Å². The molecule has 0 bridgehead atoms. The molecule has 2 heterocycles. The lowest BCUT2D eigenvalue weighted by atomic mass is 10.4. The summed E-state index contributed by atoms with van der Waals surface area (Å²) in [5.41, 5.74) is 1.02. The predicted octanol–water partition coefficient (Wildman–Crippen LogP) is 0.934. The molecule has 3 heteroatoms. The molecule has 2 rings (SSSR count). The minimum atomic E-state index is 1.02. The van der Waals surface area contributed by atoms with E-state index in [-0.39, 0.29) is 0 Å². The summed E-state index contributed by atoms with van der Waals surface area (Å²) < 4.78 is 0. The summed E-state index contributed by atoms with van der Waals surface area (Å²) >= 11 is 0. The number of nitrogens with one attached hydrogen (secondary N) is 1. The van der Waals surface area contributed by atoms with Crippen LogP contribution in [0.1, 0.15) is 6.42 Å². The Balaban J connectivity index is 2.20. The number of anilines is 1. The Morgan fingerprint density at radius 1 is 1.70 bits per heavy atom. The van der Waals surface area contributed by atoms with E-state index >= 15 is 0 Å². The molecule has 0 atom stereocenters. The van der Waals surface area contributed by atoms with E-state index in [1.54, 1.807) is 0 Å². The van der Waals surface area contributed by atoms with Crippen LogP contribution in [0.15, 0.2) is 18.5 Å². The number of H-pyrrole nitrogens is 1. The SMILES string of the molecule is [c]1n[nH]cc1N1C=CCC1. The molecule has 0 amide bonds. The van der Waals surface area contributed by atoms with Gasteiger partial charge in [-0.25, -0.2) is 0 Å². The zero-order chi connectivity index (χ0) is 6.81. The summed E-state index contributed by atoms with van der Waals surface area (Å²) in [5, 5.41) is 6.47. The van der Waals surface area contributed by atoms with Crippen molar-refractivity contribution in [3.05, 3.63) is 24.7 Å². The largest absolute Gasteiger partial charge is 0.345 e. The summed E-state index contributed by atoms with van der Waals surface area (Å²) in [6, 6.07) is 0. The number of rotatable bonds is 1. The molecular weight excluding hydrogens is 126 g/mol. The molecule has 51 valence electrons. The average molecular weight is 134 g/mol. The fourth-order valence-corrected chi connectivity index (χ4v) is 1.05. The van der Waals surface area contributed by atoms with Crippen LogP contribution in [-0.4, -0.2) is 16.7 Å². The molecule has 0 saturated heterocycles. The van der Waals surface area contributed by atoms with Crippen molar-refractivity contribution in [3.8, 4) is 0 Å². The highest BCUT2D eigenvalue weighted by atomic mass is 15.2. The van der Waals surface area contributed by atoms with Gasteiger partial charge in [-0.05, 0) is 6.42 Å². The van der Waals surface area contributed by atoms with E-state index in [9.17, 15) is 0 Å². The fraction of sp³-hybridized carbons (Fsp3) is 0.286. The molecule has 0 aliphatic carbocycles. The Hall–Kier alpha value is -1.25. The summed E-state index contributed by atoms with van der Waals surface area (Å²) in [6.07, 6.45) is 10.0. The molecule has 1 aromatic rings. The van der Waals surface area contributed by atoms with Crippen LogP contribution >= 0.6 is 0 Å². The van der Waals surface area contributed by atoms with Crippen LogP contribution in [0.2, 0.25) is 0 Å². The molecule has 1 aliphatic rings. The number of nitrogens with zero attached hydrogens (tertiary/aromatic N) is 2. The van der Waals surface area contributed by atoms with Crippen LogP contribution in [0.4, 0.5) is 5.69 Å². The van der Waals surface area contributed by atoms with E-state index in [1.165, 1.54) is 0 Å². The van der Waals surface area contributed by atoms with Gasteiger partial charge in [-0.3, -0.25) is 5.10 Å². The lowest BCUT2D eigenvalue weighted by Crippen LogP contribution is -2.10. The summed E-state index contributed by atoms with van der Waals surface area (Å²) in [7, 11) is 0. The molecule has 10 heavy (non-hydrogen) atoms. The summed E-state index contributed by atoms with van der Waals surface area (Å²) in [5.74, 6) is 0. The molecule has 1 N–H and O–H groups in total. The van der Waals surface area contributed by atoms with Gasteiger partial charge in [0.25, 0.3) is 0 Å². The van der Waals surface area contributed by atoms with Crippen LogP contribution in [0.5, 0.6) is 0 Å². The second-order valence-corrected chi connectivity index (χ2v) is 2.25. The van der Waals surface area contributed by atoms with E-state index in [2.05, 4.69) is 33.6 Å². The van der Waals surface area contributed by atoms with Crippen molar-refractivity contribution in [2.24, 2.45) is 0 Å². The zero-order valence-corrected chi connectivity index (χ0v) is 5.54. The molecule has 1 aliphatic heterocycles. The van der Waals surface area contributed by atoms with Crippen molar-refractivity contribution in [3.63, 3.8) is 0 Å². The molecular formula is C7H8N3. The Kier molecular flexibility index (Phi) is 1.20. The third kappa shape index (κ3) is 0.795. The van der Waals surface area contributed by atoms with Gasteiger partial charge in [-0.2, -0.15) is 5.10 Å². The third-order valence-corrected chi connectivity index (χ3v) is 1.57. The quantitative estimate of drug-likeness (QED) is 0.619. The normalized spacial score (nSPS) is 16.6. The maximum atomic E-state index is 3.74. The summed E-state index contributed by atoms with van der Waals surface area (Å²) in [4.78, 5) is 2.11. The van der Waals surface area contributed by atoms with Crippen molar-refractivity contribution in [2.75, 3.05) is 11.4 Å². The molecule has 1 aromatic heterocycles. The van der Waals surface area contributed by atoms with Gasteiger partial charge in [0.05, 0.1) is 5.69 Å². The van der Waals surface area contributed by atoms with Gasteiger partial charge in [0.1, 0.15) is 6.20 Å². The molecule has 0 spiro atoms. The lowest BCUT2D eigenvalue weighted by Gasteiger charge is -2.10. The summed E-state index contributed by atoms with van der Waals surface area (Å²) in [6.45, 7) is 1.05. The Bertz CT molecular complexity index is 225. The van der Waals surface area contributed by atoms with Gasteiger partial charge in [-0.1, -0.05) is 6.08 Å². The molecule has 0 saturated carbocycles. The predicted molar refractivity (Wildman–Crippen MR) is 38.5 cm³/mol. The zero-order valence-electron chi connectivity index (χ0n) is 5.54. The van der Waals surface area contributed by atoms with Crippen LogP contribution in [0, 0.1) is 6.20 Å². The van der Waals surface area contributed by atoms with Gasteiger partial charge in [-0.15, -0.1) is 0 Å². The monoisotopic (exact) mass is 134 g/mol. The third-order valence-electron chi connectivity index (χ3n) is 1.57. The standard InChI is InChI=1S/C7H8N3/c1-2-4-10(3-1)7-5-8-9-6-7/h1,3,5H,2,4H2,(H,8,9). The lowest BCUT2D eigenvalue weighted by molar-refractivity contribution is 0.999. The van der Waals surface area contributed by atoms with Crippen molar-refractivity contribution < 1.29 is 0 Å². The van der Waals surface area contributed by atoms with E-state index in [0.717, 1.165) is 18.7 Å². The molecule has 0 fully saturated rings. The van der Waals surface area contributed by atoms with Crippen LogP contribution < -0.4 is 4.90 Å². The second kappa shape index (κ2) is 2.17. The van der Waals surface area contributed by atoms with Crippen LogP contribution in [0.25, 0.3) is 0 Å². The number of hydrogen-bond acceptors (Lipinski definition) is 2. The second-order valence-electron chi connectivity index (χ2n) is 2.25. The van der Waals surface area contributed by atoms with Gasteiger partial charge in [0.2, 0.25) is 0 Å². The van der Waals surface area contributed by atoms with E-state index < -0.39 is 0 Å². The molecule has 3 nitrogen and oxygen atoms in total. The highest BCUT2D eigenvalue weighted by Gasteiger charge is 2.06. The highest BCUT2D eigenvalue weighted by molar-refractivity contribution is 5.45. The van der Waals surface area contributed by atoms with Crippen molar-refractivity contribution in [1.29, 1.82) is 0 Å². The van der Waals surface area contributed by atoms with Crippen LogP contribution in [-0.2, 0) is 0 Å². The number of aromatic amines is 1. The van der Waals surface area contributed by atoms with Gasteiger partial charge in [0, 0.05) is 18.9 Å². The first-order valence-corrected chi connectivity index (χ1v) is 3.31. The first-order valence-electron chi connectivity index (χ1n) is 3.31. The minimum Gasteiger partial charge on any atom is -0.345 e. The van der Waals surface area contributed by atoms with Gasteiger partial charge < -0.3 is 4.90 Å². The number of aromatic nitrogens is 2. The molecule has 0 aromatic carbocycles. The molecule has 0 unspecified atom stereocenters. The Morgan fingerprint density at radius 2 is 2.70 bits per heavy atom. The highest BCUT2D eigenvalue weighted by Crippen LogP contribution is 2.14. The maximum absolute atomic E-state index is 3.74. The smallest absolute Gasteiger partial charge is 0.138 e. The first kappa shape index (κ1) is 5.53.